The van der Waals surface area contributed by atoms with Crippen LogP contribution in [0.2, 0.25) is 0 Å². The van der Waals surface area contributed by atoms with Gasteiger partial charge in [0.15, 0.2) is 11.2 Å². The number of fused-ring (bicyclic) bond motifs is 1. The van der Waals surface area contributed by atoms with Gasteiger partial charge in [0.05, 0.1) is 6.33 Å². The first-order valence-electron chi connectivity index (χ1n) is 5.04. The first-order valence-corrected chi connectivity index (χ1v) is 5.04. The van der Waals surface area contributed by atoms with Crippen LogP contribution in [0.15, 0.2) is 23.8 Å². The maximum Gasteiger partial charge on any atom is 0.278 e. The number of nitrogens with one attached hydrogen (secondary N) is 1. The Labute approximate surface area is 91.8 Å². The standard InChI is InChI=1S/C10H13N5O/c1-2-3-4-5-15-6-12-8-7(15)9(16)14-10(11)13-8/h2,6H,1,3-5H2,(H3,11,13,14,16). The molecule has 0 radical (unpaired) electrons. The molecule has 2 aromatic heterocycles. The van der Waals surface area contributed by atoms with Crippen molar-refractivity contribution in [3.05, 3.63) is 29.3 Å². The van der Waals surface area contributed by atoms with Gasteiger partial charge in [-0.3, -0.25) is 9.78 Å². The molecule has 2 aromatic rings. The maximum absolute atomic E-state index is 11.7. The smallest absolute Gasteiger partial charge is 0.278 e. The average molecular weight is 219 g/mol. The summed E-state index contributed by atoms with van der Waals surface area (Å²) in [4.78, 5) is 22.1. The van der Waals surface area contributed by atoms with Crippen molar-refractivity contribution >= 4 is 17.1 Å². The summed E-state index contributed by atoms with van der Waals surface area (Å²) in [5.74, 6) is 0.0915. The number of aryl methyl sites for hydroxylation is 1. The summed E-state index contributed by atoms with van der Waals surface area (Å²) < 4.78 is 1.78. The highest BCUT2D eigenvalue weighted by Crippen LogP contribution is 2.07. The Balaban J connectivity index is 2.40. The molecule has 0 saturated carbocycles. The van der Waals surface area contributed by atoms with Crippen molar-refractivity contribution in [2.24, 2.45) is 0 Å². The fourth-order valence-electron chi connectivity index (χ4n) is 1.58. The fourth-order valence-corrected chi connectivity index (χ4v) is 1.58. The molecule has 0 fully saturated rings. The second kappa shape index (κ2) is 4.18. The van der Waals surface area contributed by atoms with Crippen LogP contribution in [0.4, 0.5) is 5.95 Å². The molecule has 84 valence electrons. The van der Waals surface area contributed by atoms with Gasteiger partial charge in [-0.15, -0.1) is 6.58 Å². The Kier molecular flexibility index (Phi) is 2.72. The molecule has 0 aromatic carbocycles. The van der Waals surface area contributed by atoms with Crippen LogP contribution in [-0.2, 0) is 6.54 Å². The Hall–Kier alpha value is -2.11. The molecule has 0 aliphatic heterocycles. The summed E-state index contributed by atoms with van der Waals surface area (Å²) >= 11 is 0. The predicted octanol–water partition coefficient (Wildman–Crippen LogP) is 0.668. The number of aromatic nitrogens is 4. The van der Waals surface area contributed by atoms with Gasteiger partial charge in [0.25, 0.3) is 5.56 Å². The maximum atomic E-state index is 11.7. The van der Waals surface area contributed by atoms with E-state index in [1.807, 2.05) is 6.08 Å². The molecule has 6 nitrogen and oxygen atoms in total. The molecule has 0 amide bonds. The van der Waals surface area contributed by atoms with Gasteiger partial charge in [0, 0.05) is 6.54 Å². The molecule has 0 saturated heterocycles. The number of unbranched alkanes of at least 4 members (excludes halogenated alkanes) is 1. The topological polar surface area (TPSA) is 89.6 Å². The monoisotopic (exact) mass is 219 g/mol. The van der Waals surface area contributed by atoms with Crippen molar-refractivity contribution in [2.45, 2.75) is 19.4 Å². The Morgan fingerprint density at radius 1 is 1.62 bits per heavy atom. The minimum Gasteiger partial charge on any atom is -0.369 e. The quantitative estimate of drug-likeness (QED) is 0.584. The molecule has 0 aliphatic rings. The SMILES string of the molecule is C=CCCCn1cnc2nc(N)[nH]c(=O)c21. The van der Waals surface area contributed by atoms with Crippen LogP contribution in [0.1, 0.15) is 12.8 Å². The summed E-state index contributed by atoms with van der Waals surface area (Å²) in [6, 6.07) is 0. The minimum atomic E-state index is -0.251. The summed E-state index contributed by atoms with van der Waals surface area (Å²) in [5, 5.41) is 0. The molecular weight excluding hydrogens is 206 g/mol. The first-order chi connectivity index (χ1) is 7.72. The number of nitrogens with two attached hydrogens (primary N) is 1. The highest BCUT2D eigenvalue weighted by molar-refractivity contribution is 5.70. The molecule has 2 heterocycles. The molecule has 0 bridgehead atoms. The van der Waals surface area contributed by atoms with Gasteiger partial charge in [0.2, 0.25) is 5.95 Å². The lowest BCUT2D eigenvalue weighted by molar-refractivity contribution is 0.664. The zero-order valence-electron chi connectivity index (χ0n) is 8.81. The number of aromatic amines is 1. The predicted molar refractivity (Wildman–Crippen MR) is 62.0 cm³/mol. The van der Waals surface area contributed by atoms with E-state index in [1.165, 1.54) is 0 Å². The van der Waals surface area contributed by atoms with Crippen LogP contribution < -0.4 is 11.3 Å². The van der Waals surface area contributed by atoms with Gasteiger partial charge in [-0.1, -0.05) is 6.08 Å². The van der Waals surface area contributed by atoms with Crippen LogP contribution in [0.3, 0.4) is 0 Å². The molecule has 3 N–H and O–H groups in total. The number of hydrogen-bond acceptors (Lipinski definition) is 4. The average Bonchev–Trinajstić information content (AvgIpc) is 2.62. The van der Waals surface area contributed by atoms with Crippen LogP contribution in [-0.4, -0.2) is 19.5 Å². The lowest BCUT2D eigenvalue weighted by Gasteiger charge is -2.01. The Morgan fingerprint density at radius 3 is 3.19 bits per heavy atom. The first kappa shape index (κ1) is 10.4. The number of allylic oxidation sites excluding steroid dienone is 1. The van der Waals surface area contributed by atoms with Crippen molar-refractivity contribution in [3.8, 4) is 0 Å². The van der Waals surface area contributed by atoms with E-state index in [1.54, 1.807) is 10.9 Å². The molecule has 2 rings (SSSR count). The van der Waals surface area contributed by atoms with Crippen LogP contribution in [0.5, 0.6) is 0 Å². The highest BCUT2D eigenvalue weighted by Gasteiger charge is 2.08. The van der Waals surface area contributed by atoms with Gasteiger partial charge in [-0.2, -0.15) is 4.98 Å². The van der Waals surface area contributed by atoms with E-state index in [0.29, 0.717) is 11.2 Å². The molecule has 0 unspecified atom stereocenters. The summed E-state index contributed by atoms with van der Waals surface area (Å²) in [5.41, 5.74) is 6.03. The fraction of sp³-hybridized carbons (Fsp3) is 0.300. The number of anilines is 1. The van der Waals surface area contributed by atoms with E-state index < -0.39 is 0 Å². The zero-order chi connectivity index (χ0) is 11.5. The third kappa shape index (κ3) is 1.81. The van der Waals surface area contributed by atoms with Crippen molar-refractivity contribution in [3.63, 3.8) is 0 Å². The van der Waals surface area contributed by atoms with Crippen LogP contribution >= 0.6 is 0 Å². The summed E-state index contributed by atoms with van der Waals surface area (Å²) in [7, 11) is 0. The summed E-state index contributed by atoms with van der Waals surface area (Å²) in [6.45, 7) is 4.37. The molecular formula is C10H13N5O. The lowest BCUT2D eigenvalue weighted by atomic mass is 10.3. The van der Waals surface area contributed by atoms with E-state index in [4.69, 9.17) is 5.73 Å². The van der Waals surface area contributed by atoms with Crippen molar-refractivity contribution in [2.75, 3.05) is 5.73 Å². The number of hydrogen-bond donors (Lipinski definition) is 2. The number of rotatable bonds is 4. The number of H-pyrrole nitrogens is 1. The molecule has 6 heteroatoms. The van der Waals surface area contributed by atoms with Gasteiger partial charge >= 0.3 is 0 Å². The largest absolute Gasteiger partial charge is 0.369 e. The molecule has 0 spiro atoms. The van der Waals surface area contributed by atoms with Crippen molar-refractivity contribution in [1.82, 2.24) is 19.5 Å². The van der Waals surface area contributed by atoms with E-state index in [-0.39, 0.29) is 11.5 Å². The third-order valence-corrected chi connectivity index (χ3v) is 2.31. The summed E-state index contributed by atoms with van der Waals surface area (Å²) in [6.07, 6.45) is 5.27. The zero-order valence-corrected chi connectivity index (χ0v) is 8.81. The van der Waals surface area contributed by atoms with E-state index >= 15 is 0 Å². The number of imidazole rings is 1. The van der Waals surface area contributed by atoms with Gasteiger partial charge in [-0.25, -0.2) is 4.98 Å². The molecule has 0 atom stereocenters. The number of nitrogens with zero attached hydrogens (tertiary/aromatic N) is 3. The van der Waals surface area contributed by atoms with Crippen LogP contribution in [0.25, 0.3) is 11.2 Å². The van der Waals surface area contributed by atoms with E-state index in [2.05, 4.69) is 21.5 Å². The van der Waals surface area contributed by atoms with Gasteiger partial charge in [-0.05, 0) is 12.8 Å². The second-order valence-corrected chi connectivity index (χ2v) is 3.49. The van der Waals surface area contributed by atoms with Gasteiger partial charge < -0.3 is 10.3 Å². The van der Waals surface area contributed by atoms with Crippen molar-refractivity contribution in [1.29, 1.82) is 0 Å². The Morgan fingerprint density at radius 2 is 2.44 bits per heavy atom. The molecule has 0 aliphatic carbocycles. The highest BCUT2D eigenvalue weighted by atomic mass is 16.1. The normalized spacial score (nSPS) is 10.8. The lowest BCUT2D eigenvalue weighted by Crippen LogP contribution is -2.14. The van der Waals surface area contributed by atoms with E-state index in [9.17, 15) is 4.79 Å². The molecule has 16 heavy (non-hydrogen) atoms. The number of nitrogen functional groups attached to an aromatic ring is 1. The minimum absolute atomic E-state index is 0.0915. The third-order valence-electron chi connectivity index (χ3n) is 2.31. The van der Waals surface area contributed by atoms with Crippen LogP contribution in [0, 0.1) is 0 Å². The Bertz CT molecular complexity index is 568. The van der Waals surface area contributed by atoms with E-state index in [0.717, 1.165) is 19.4 Å². The second-order valence-electron chi connectivity index (χ2n) is 3.49. The van der Waals surface area contributed by atoms with Gasteiger partial charge in [0.1, 0.15) is 0 Å². The van der Waals surface area contributed by atoms with Crippen molar-refractivity contribution < 1.29 is 0 Å².